The molecular weight excluding hydrogens is 566 g/mol. The van der Waals surface area contributed by atoms with E-state index in [4.69, 9.17) is 14.2 Å². The largest absolute Gasteiger partial charge is 0.497 e. The highest BCUT2D eigenvalue weighted by Crippen LogP contribution is 2.33. The first-order chi connectivity index (χ1) is 21.0. The summed E-state index contributed by atoms with van der Waals surface area (Å²) in [7, 11) is 1.64. The van der Waals surface area contributed by atoms with Gasteiger partial charge >= 0.3 is 0 Å². The van der Waals surface area contributed by atoms with Gasteiger partial charge in [-0.1, -0.05) is 42.1 Å². The Labute approximate surface area is 254 Å². The highest BCUT2D eigenvalue weighted by molar-refractivity contribution is 7.99. The summed E-state index contributed by atoms with van der Waals surface area (Å²) in [6.07, 6.45) is 1.13. The second kappa shape index (κ2) is 12.8. The summed E-state index contributed by atoms with van der Waals surface area (Å²) in [5, 5.41) is 9.77. The number of carbonyl (C=O) groups excluding carboxylic acids is 2. The molecule has 0 saturated carbocycles. The number of aromatic nitrogens is 3. The van der Waals surface area contributed by atoms with Gasteiger partial charge in [0.1, 0.15) is 5.75 Å². The van der Waals surface area contributed by atoms with Gasteiger partial charge in [-0.25, -0.2) is 0 Å². The van der Waals surface area contributed by atoms with Crippen LogP contribution in [0.15, 0.2) is 78.0 Å². The summed E-state index contributed by atoms with van der Waals surface area (Å²) in [6, 6.07) is 22.9. The Balaban J connectivity index is 1.04. The zero-order chi connectivity index (χ0) is 29.8. The topological polar surface area (TPSA) is 99.0 Å². The van der Waals surface area contributed by atoms with Gasteiger partial charge in [-0.2, -0.15) is 0 Å². The Morgan fingerprint density at radius 2 is 1.81 bits per heavy atom. The summed E-state index contributed by atoms with van der Waals surface area (Å²) < 4.78 is 18.2. The van der Waals surface area contributed by atoms with Crippen molar-refractivity contribution >= 4 is 23.6 Å². The molecule has 11 heteroatoms. The molecule has 3 aromatic carbocycles. The molecular formula is C32H33N5O5S. The molecule has 10 nitrogen and oxygen atoms in total. The van der Waals surface area contributed by atoms with Crippen LogP contribution in [0.2, 0.25) is 0 Å². The van der Waals surface area contributed by atoms with Crippen molar-refractivity contribution in [1.29, 1.82) is 0 Å². The van der Waals surface area contributed by atoms with E-state index in [-0.39, 0.29) is 24.6 Å². The van der Waals surface area contributed by atoms with Crippen molar-refractivity contribution in [1.82, 2.24) is 24.6 Å². The van der Waals surface area contributed by atoms with Crippen LogP contribution in [0.5, 0.6) is 17.2 Å². The molecule has 2 aliphatic heterocycles. The second-order valence-electron chi connectivity index (χ2n) is 10.4. The summed E-state index contributed by atoms with van der Waals surface area (Å²) in [4.78, 5) is 30.0. The number of ether oxygens (including phenoxy) is 3. The molecule has 43 heavy (non-hydrogen) atoms. The lowest BCUT2D eigenvalue weighted by Gasteiger charge is -2.40. The third kappa shape index (κ3) is 6.17. The number of nitrogens with zero attached hydrogens (tertiary/aromatic N) is 5. The molecule has 0 radical (unpaired) electrons. The van der Waals surface area contributed by atoms with E-state index >= 15 is 0 Å². The predicted molar refractivity (Wildman–Crippen MR) is 163 cm³/mol. The number of rotatable bonds is 9. The smallest absolute Gasteiger partial charge is 0.254 e. The summed E-state index contributed by atoms with van der Waals surface area (Å²) in [5.74, 6) is 3.47. The van der Waals surface area contributed by atoms with Crippen LogP contribution in [0.25, 0.3) is 17.1 Å². The molecule has 222 valence electrons. The van der Waals surface area contributed by atoms with Crippen molar-refractivity contribution in [2.75, 3.05) is 39.3 Å². The maximum absolute atomic E-state index is 13.2. The molecule has 1 fully saturated rings. The Morgan fingerprint density at radius 1 is 0.977 bits per heavy atom. The van der Waals surface area contributed by atoms with Crippen molar-refractivity contribution in [3.8, 4) is 34.3 Å². The number of thioether (sulfide) groups is 1. The summed E-state index contributed by atoms with van der Waals surface area (Å²) >= 11 is 1.58. The number of fused-ring (bicyclic) bond motifs is 1. The minimum absolute atomic E-state index is 0.0647. The predicted octanol–water partition coefficient (Wildman–Crippen LogP) is 4.92. The van der Waals surface area contributed by atoms with Gasteiger partial charge in [0.25, 0.3) is 5.91 Å². The molecule has 1 saturated heterocycles. The molecule has 2 amide bonds. The van der Waals surface area contributed by atoms with E-state index in [9.17, 15) is 9.59 Å². The number of amides is 2. The zero-order valence-electron chi connectivity index (χ0n) is 24.1. The third-order valence-electron chi connectivity index (χ3n) is 7.60. The molecule has 0 aliphatic carbocycles. The number of hydrogen-bond donors (Lipinski definition) is 0. The van der Waals surface area contributed by atoms with E-state index in [0.29, 0.717) is 55.3 Å². The van der Waals surface area contributed by atoms with Gasteiger partial charge in [0.05, 0.1) is 7.11 Å². The highest BCUT2D eigenvalue weighted by Gasteiger charge is 2.31. The minimum atomic E-state index is -0.0931. The van der Waals surface area contributed by atoms with Crippen LogP contribution in [0.3, 0.4) is 0 Å². The monoisotopic (exact) mass is 599 g/mol. The molecule has 1 unspecified atom stereocenters. The van der Waals surface area contributed by atoms with E-state index in [1.165, 1.54) is 0 Å². The fraction of sp³-hybridized carbons (Fsp3) is 0.312. The van der Waals surface area contributed by atoms with Crippen molar-refractivity contribution in [2.45, 2.75) is 31.0 Å². The number of piperazine rings is 1. The fourth-order valence-corrected chi connectivity index (χ4v) is 6.24. The molecule has 0 spiro atoms. The van der Waals surface area contributed by atoms with Crippen LogP contribution in [0.4, 0.5) is 0 Å². The van der Waals surface area contributed by atoms with Crippen LogP contribution in [0, 0.1) is 0 Å². The van der Waals surface area contributed by atoms with Crippen LogP contribution in [0.1, 0.15) is 30.1 Å². The van der Waals surface area contributed by atoms with Gasteiger partial charge in [0.2, 0.25) is 12.7 Å². The fourth-order valence-electron chi connectivity index (χ4n) is 5.35. The lowest BCUT2D eigenvalue weighted by Crippen LogP contribution is -2.55. The Bertz CT molecular complexity index is 1610. The van der Waals surface area contributed by atoms with Crippen molar-refractivity contribution < 1.29 is 23.8 Å². The molecule has 1 atom stereocenters. The van der Waals surface area contributed by atoms with Crippen molar-refractivity contribution in [2.24, 2.45) is 0 Å². The van der Waals surface area contributed by atoms with E-state index in [1.807, 2.05) is 75.9 Å². The maximum Gasteiger partial charge on any atom is 0.254 e. The second-order valence-corrected chi connectivity index (χ2v) is 11.5. The maximum atomic E-state index is 13.2. The molecule has 2 aliphatic rings. The van der Waals surface area contributed by atoms with E-state index in [1.54, 1.807) is 37.1 Å². The molecule has 0 bridgehead atoms. The lowest BCUT2D eigenvalue weighted by molar-refractivity contribution is -0.133. The molecule has 0 N–H and O–H groups in total. The van der Waals surface area contributed by atoms with Gasteiger partial charge in [-0.15, -0.1) is 10.2 Å². The van der Waals surface area contributed by atoms with E-state index in [0.717, 1.165) is 28.0 Å². The van der Waals surface area contributed by atoms with E-state index < -0.39 is 0 Å². The van der Waals surface area contributed by atoms with Crippen LogP contribution < -0.4 is 14.2 Å². The van der Waals surface area contributed by atoms with Crippen molar-refractivity contribution in [3.05, 3.63) is 78.4 Å². The minimum Gasteiger partial charge on any atom is -0.497 e. The van der Waals surface area contributed by atoms with Crippen molar-refractivity contribution in [3.63, 3.8) is 0 Å². The van der Waals surface area contributed by atoms with Gasteiger partial charge in [-0.05, 0) is 55.8 Å². The normalized spacial score (nSPS) is 15.9. The van der Waals surface area contributed by atoms with Crippen LogP contribution >= 0.6 is 11.8 Å². The zero-order valence-corrected chi connectivity index (χ0v) is 25.0. The first-order valence-electron chi connectivity index (χ1n) is 14.3. The van der Waals surface area contributed by atoms with Gasteiger partial charge in [0, 0.05) is 54.7 Å². The molecule has 6 rings (SSSR count). The molecule has 4 aromatic rings. The number of methoxy groups -OCH3 is 1. The quantitative estimate of drug-likeness (QED) is 0.198. The Morgan fingerprint density at radius 3 is 2.63 bits per heavy atom. The summed E-state index contributed by atoms with van der Waals surface area (Å²) in [5.41, 5.74) is 2.43. The third-order valence-corrected chi connectivity index (χ3v) is 8.62. The lowest BCUT2D eigenvalue weighted by atomic mass is 10.1. The average Bonchev–Trinajstić information content (AvgIpc) is 3.70. The Hall–Kier alpha value is -4.51. The standard InChI is InChI=1S/C32H33N5O5S/c1-22-20-35(15-16-36(22)31(39)24-13-14-27-28(19-24)42-21-41-27)29(38)12-7-17-43-32-34-33-30(23-8-6-11-26(18-23)40-2)37(32)25-9-4-3-5-10-25/h3-6,8-11,13-14,18-19,22H,7,12,15-17,20-21H2,1-2H3. The van der Waals surface area contributed by atoms with Gasteiger partial charge in [-0.3, -0.25) is 14.2 Å². The number of hydrogen-bond acceptors (Lipinski definition) is 8. The molecule has 1 aromatic heterocycles. The first-order valence-corrected chi connectivity index (χ1v) is 15.3. The van der Waals surface area contributed by atoms with Crippen LogP contribution in [-0.2, 0) is 4.79 Å². The summed E-state index contributed by atoms with van der Waals surface area (Å²) in [6.45, 7) is 3.66. The Kier molecular flexibility index (Phi) is 8.50. The van der Waals surface area contributed by atoms with Crippen LogP contribution in [-0.4, -0.2) is 81.7 Å². The number of benzene rings is 3. The van der Waals surface area contributed by atoms with Gasteiger partial charge in [0.15, 0.2) is 22.5 Å². The number of para-hydroxylation sites is 1. The highest BCUT2D eigenvalue weighted by atomic mass is 32.2. The average molecular weight is 600 g/mol. The number of carbonyl (C=O) groups is 2. The van der Waals surface area contributed by atoms with E-state index in [2.05, 4.69) is 10.2 Å². The molecule has 3 heterocycles. The van der Waals surface area contributed by atoms with Gasteiger partial charge < -0.3 is 24.0 Å². The first kappa shape index (κ1) is 28.6. The SMILES string of the molecule is COc1cccc(-c2nnc(SCCCC(=O)N3CCN(C(=O)c4ccc5c(c4)OCO5)C(C)C3)n2-c2ccccc2)c1.